The number of rotatable bonds is 5. The van der Waals surface area contributed by atoms with Crippen LogP contribution in [0.4, 0.5) is 11.4 Å². The van der Waals surface area contributed by atoms with Gasteiger partial charge in [-0.25, -0.2) is 9.67 Å². The van der Waals surface area contributed by atoms with Gasteiger partial charge in [0.1, 0.15) is 0 Å². The number of anilines is 2. The maximum absolute atomic E-state index is 13.1. The number of amides is 2. The lowest BCUT2D eigenvalue weighted by atomic mass is 10.1. The summed E-state index contributed by atoms with van der Waals surface area (Å²) in [5, 5.41) is 11.0. The number of benzene rings is 2. The van der Waals surface area contributed by atoms with Gasteiger partial charge in [0, 0.05) is 23.0 Å². The van der Waals surface area contributed by atoms with Crippen LogP contribution in [-0.4, -0.2) is 26.6 Å². The highest BCUT2D eigenvalue weighted by Crippen LogP contribution is 2.26. The highest BCUT2D eigenvalue weighted by atomic mass is 35.5. The van der Waals surface area contributed by atoms with E-state index in [0.717, 1.165) is 0 Å². The number of hydrogen-bond donors (Lipinski definition) is 2. The van der Waals surface area contributed by atoms with Crippen LogP contribution >= 0.6 is 11.6 Å². The Bertz CT molecular complexity index is 1310. The molecule has 4 rings (SSSR count). The Hall–Kier alpha value is -3.71. The summed E-state index contributed by atoms with van der Waals surface area (Å²) in [7, 11) is 0. The predicted molar refractivity (Wildman–Crippen MR) is 126 cm³/mol. The van der Waals surface area contributed by atoms with E-state index in [9.17, 15) is 9.59 Å². The van der Waals surface area contributed by atoms with E-state index in [1.165, 1.54) is 0 Å². The minimum Gasteiger partial charge on any atom is -0.322 e. The molecule has 0 saturated carbocycles. The maximum Gasteiger partial charge on any atom is 0.256 e. The summed E-state index contributed by atoms with van der Waals surface area (Å²) in [4.78, 5) is 30.3. The zero-order valence-electron chi connectivity index (χ0n) is 17.9. The van der Waals surface area contributed by atoms with E-state index in [-0.39, 0.29) is 17.9 Å². The van der Waals surface area contributed by atoms with Gasteiger partial charge >= 0.3 is 0 Å². The molecule has 2 heterocycles. The molecule has 32 heavy (non-hydrogen) atoms. The number of para-hydroxylation sites is 1. The topological polar surface area (TPSA) is 88.9 Å². The Morgan fingerprint density at radius 2 is 1.75 bits per heavy atom. The molecule has 0 aliphatic rings. The second-order valence-electron chi connectivity index (χ2n) is 7.70. The van der Waals surface area contributed by atoms with Crippen LogP contribution < -0.4 is 10.6 Å². The molecular formula is C24H22ClN5O2. The second-order valence-corrected chi connectivity index (χ2v) is 8.11. The molecule has 0 saturated heterocycles. The quantitative estimate of drug-likeness (QED) is 0.424. The average Bonchev–Trinajstić information content (AvgIpc) is 3.19. The fraction of sp³-hybridized carbons (Fsp3) is 0.167. The number of carbonyl (C=O) groups is 2. The number of hydrogen-bond acceptors (Lipinski definition) is 4. The molecule has 2 aromatic heterocycles. The summed E-state index contributed by atoms with van der Waals surface area (Å²) in [6, 6.07) is 15.7. The first kappa shape index (κ1) is 21.5. The number of aromatic nitrogens is 3. The Morgan fingerprint density at radius 3 is 2.47 bits per heavy atom. The number of nitrogens with zero attached hydrogens (tertiary/aromatic N) is 3. The Balaban J connectivity index is 1.63. The van der Waals surface area contributed by atoms with E-state index < -0.39 is 0 Å². The third-order valence-corrected chi connectivity index (χ3v) is 5.27. The van der Waals surface area contributed by atoms with Gasteiger partial charge in [0.15, 0.2) is 5.65 Å². The molecule has 7 nitrogen and oxygen atoms in total. The molecule has 2 amide bonds. The van der Waals surface area contributed by atoms with E-state index in [0.29, 0.717) is 44.3 Å². The normalized spacial score (nSPS) is 11.0. The molecule has 0 fully saturated rings. The second kappa shape index (κ2) is 8.80. The summed E-state index contributed by atoms with van der Waals surface area (Å²) < 4.78 is 1.78. The first-order chi connectivity index (χ1) is 15.3. The van der Waals surface area contributed by atoms with Gasteiger partial charge < -0.3 is 10.6 Å². The maximum atomic E-state index is 13.1. The van der Waals surface area contributed by atoms with Crippen molar-refractivity contribution in [1.82, 2.24) is 14.8 Å². The van der Waals surface area contributed by atoms with Gasteiger partial charge in [-0.05, 0) is 57.2 Å². The van der Waals surface area contributed by atoms with Crippen molar-refractivity contribution in [3.63, 3.8) is 0 Å². The molecule has 2 aromatic carbocycles. The highest BCUT2D eigenvalue weighted by molar-refractivity contribution is 6.34. The zero-order chi connectivity index (χ0) is 22.8. The standard InChI is InChI=1S/C24H22ClN5O2/c1-14(2)30-22-19(13-26-30)18(11-15(3)27-22)24(32)29-21-12-16(9-10-20(21)25)23(31)28-17-7-5-4-6-8-17/h4-14H,1-3H3,(H,28,31)(H,29,32). The van der Waals surface area contributed by atoms with Crippen molar-refractivity contribution >= 4 is 45.8 Å². The molecule has 8 heteroatoms. The number of nitrogens with one attached hydrogen (secondary N) is 2. The molecule has 0 atom stereocenters. The van der Waals surface area contributed by atoms with Crippen LogP contribution in [0.25, 0.3) is 11.0 Å². The zero-order valence-corrected chi connectivity index (χ0v) is 18.6. The van der Waals surface area contributed by atoms with E-state index in [2.05, 4.69) is 20.7 Å². The average molecular weight is 448 g/mol. The first-order valence-corrected chi connectivity index (χ1v) is 10.5. The largest absolute Gasteiger partial charge is 0.322 e. The van der Waals surface area contributed by atoms with Crippen LogP contribution in [0.5, 0.6) is 0 Å². The minimum atomic E-state index is -0.355. The number of pyridine rings is 1. The third-order valence-electron chi connectivity index (χ3n) is 4.94. The summed E-state index contributed by atoms with van der Waals surface area (Å²) in [6.07, 6.45) is 1.64. The van der Waals surface area contributed by atoms with Crippen LogP contribution in [0.2, 0.25) is 5.02 Å². The number of halogens is 1. The van der Waals surface area contributed by atoms with Crippen molar-refractivity contribution in [2.45, 2.75) is 26.8 Å². The van der Waals surface area contributed by atoms with Gasteiger partial charge in [0.2, 0.25) is 0 Å². The van der Waals surface area contributed by atoms with E-state index in [1.807, 2.05) is 39.0 Å². The summed E-state index contributed by atoms with van der Waals surface area (Å²) in [5.74, 6) is -0.657. The number of fused-ring (bicyclic) bond motifs is 1. The Morgan fingerprint density at radius 1 is 1.00 bits per heavy atom. The molecule has 2 N–H and O–H groups in total. The van der Waals surface area contributed by atoms with Crippen LogP contribution in [0.1, 0.15) is 46.3 Å². The molecular weight excluding hydrogens is 426 g/mol. The van der Waals surface area contributed by atoms with Gasteiger partial charge in [0.05, 0.1) is 27.9 Å². The van der Waals surface area contributed by atoms with Gasteiger partial charge in [-0.15, -0.1) is 0 Å². The molecule has 0 aliphatic carbocycles. The van der Waals surface area contributed by atoms with Crippen molar-refractivity contribution in [3.05, 3.63) is 82.6 Å². The molecule has 0 aliphatic heterocycles. The fourth-order valence-electron chi connectivity index (χ4n) is 3.39. The SMILES string of the molecule is Cc1cc(C(=O)Nc2cc(C(=O)Nc3ccccc3)ccc2Cl)c2cnn(C(C)C)c2n1. The lowest BCUT2D eigenvalue weighted by Crippen LogP contribution is -2.16. The van der Waals surface area contributed by atoms with Crippen LogP contribution in [0, 0.1) is 6.92 Å². The van der Waals surface area contributed by atoms with Crippen LogP contribution in [0.15, 0.2) is 60.8 Å². The lowest BCUT2D eigenvalue weighted by molar-refractivity contribution is 0.101. The van der Waals surface area contributed by atoms with Crippen molar-refractivity contribution in [3.8, 4) is 0 Å². The molecule has 0 radical (unpaired) electrons. The fourth-order valence-corrected chi connectivity index (χ4v) is 3.55. The lowest BCUT2D eigenvalue weighted by Gasteiger charge is -2.12. The summed E-state index contributed by atoms with van der Waals surface area (Å²) in [6.45, 7) is 5.83. The summed E-state index contributed by atoms with van der Waals surface area (Å²) in [5.41, 5.74) is 3.18. The minimum absolute atomic E-state index is 0.104. The first-order valence-electron chi connectivity index (χ1n) is 10.2. The van der Waals surface area contributed by atoms with Crippen molar-refractivity contribution in [2.24, 2.45) is 0 Å². The van der Waals surface area contributed by atoms with E-state index in [4.69, 9.17) is 11.6 Å². The highest BCUT2D eigenvalue weighted by Gasteiger charge is 2.18. The molecule has 162 valence electrons. The number of carbonyl (C=O) groups excluding carboxylic acids is 2. The van der Waals surface area contributed by atoms with E-state index >= 15 is 0 Å². The molecule has 0 unspecified atom stereocenters. The monoisotopic (exact) mass is 447 g/mol. The predicted octanol–water partition coefficient (Wildman–Crippen LogP) is 5.48. The van der Waals surface area contributed by atoms with E-state index in [1.54, 1.807) is 47.3 Å². The van der Waals surface area contributed by atoms with Gasteiger partial charge in [-0.1, -0.05) is 29.8 Å². The molecule has 0 spiro atoms. The van der Waals surface area contributed by atoms with Gasteiger partial charge in [-0.3, -0.25) is 9.59 Å². The van der Waals surface area contributed by atoms with Gasteiger partial charge in [-0.2, -0.15) is 5.10 Å². The van der Waals surface area contributed by atoms with Crippen LogP contribution in [0.3, 0.4) is 0 Å². The summed E-state index contributed by atoms with van der Waals surface area (Å²) >= 11 is 6.31. The number of aryl methyl sites for hydroxylation is 1. The smallest absolute Gasteiger partial charge is 0.256 e. The van der Waals surface area contributed by atoms with Crippen molar-refractivity contribution < 1.29 is 9.59 Å². The molecule has 0 bridgehead atoms. The Kier molecular flexibility index (Phi) is 5.92. The van der Waals surface area contributed by atoms with Crippen molar-refractivity contribution in [1.29, 1.82) is 0 Å². The van der Waals surface area contributed by atoms with Gasteiger partial charge in [0.25, 0.3) is 11.8 Å². The Labute approximate surface area is 190 Å². The van der Waals surface area contributed by atoms with Crippen molar-refractivity contribution in [2.75, 3.05) is 10.6 Å². The molecule has 4 aromatic rings. The third kappa shape index (κ3) is 4.33. The van der Waals surface area contributed by atoms with Crippen LogP contribution in [-0.2, 0) is 0 Å².